The molecule has 0 spiro atoms. The smallest absolute Gasteiger partial charge is 0.331 e. The van der Waals surface area contributed by atoms with Crippen LogP contribution in [0.15, 0.2) is 54.6 Å². The number of hydrogen-bond donors (Lipinski definition) is 1. The minimum atomic E-state index is -0.778. The highest BCUT2D eigenvalue weighted by Gasteiger charge is 2.07. The highest BCUT2D eigenvalue weighted by Crippen LogP contribution is 2.08. The van der Waals surface area contributed by atoms with Gasteiger partial charge in [-0.2, -0.15) is 0 Å². The van der Waals surface area contributed by atoms with Gasteiger partial charge in [0.1, 0.15) is 11.6 Å². The molecule has 0 bridgehead atoms. The number of nitrogens with one attached hydrogen (secondary N) is 1. The molecule has 0 atom stereocenters. The summed E-state index contributed by atoms with van der Waals surface area (Å²) in [4.78, 5) is 23.1. The van der Waals surface area contributed by atoms with Gasteiger partial charge >= 0.3 is 5.97 Å². The van der Waals surface area contributed by atoms with Gasteiger partial charge in [0.25, 0.3) is 5.91 Å². The molecule has 0 aliphatic rings. The van der Waals surface area contributed by atoms with E-state index in [2.05, 4.69) is 5.32 Å². The second kappa shape index (κ2) is 8.57. The minimum absolute atomic E-state index is 0.00583. The number of amides is 1. The lowest BCUT2D eigenvalue weighted by Gasteiger charge is -2.06. The summed E-state index contributed by atoms with van der Waals surface area (Å²) < 4.78 is 31.5. The molecule has 0 radical (unpaired) electrons. The van der Waals surface area contributed by atoms with Crippen LogP contribution in [0.3, 0.4) is 0 Å². The van der Waals surface area contributed by atoms with E-state index in [1.54, 1.807) is 24.3 Å². The van der Waals surface area contributed by atoms with E-state index in [-0.39, 0.29) is 12.1 Å². The Morgan fingerprint density at radius 1 is 1.00 bits per heavy atom. The molecule has 0 fully saturated rings. The molecule has 0 aliphatic carbocycles. The third kappa shape index (κ3) is 5.31. The van der Waals surface area contributed by atoms with Crippen molar-refractivity contribution >= 4 is 18.0 Å². The first-order valence-electron chi connectivity index (χ1n) is 7.16. The Morgan fingerprint density at radius 2 is 1.67 bits per heavy atom. The Hall–Kier alpha value is -3.02. The zero-order valence-electron chi connectivity index (χ0n) is 12.7. The van der Waals surface area contributed by atoms with E-state index in [0.29, 0.717) is 5.56 Å². The van der Waals surface area contributed by atoms with Crippen LogP contribution in [0.5, 0.6) is 0 Å². The molecule has 4 nitrogen and oxygen atoms in total. The molecule has 6 heteroatoms. The Bertz CT molecular complexity index is 759. The lowest BCUT2D eigenvalue weighted by atomic mass is 10.2. The van der Waals surface area contributed by atoms with Crippen molar-refractivity contribution in [3.63, 3.8) is 0 Å². The second-order valence-electron chi connectivity index (χ2n) is 4.83. The van der Waals surface area contributed by atoms with E-state index < -0.39 is 30.1 Å². The van der Waals surface area contributed by atoms with Crippen molar-refractivity contribution in [2.75, 3.05) is 6.61 Å². The maximum atomic E-state index is 13.4. The van der Waals surface area contributed by atoms with Gasteiger partial charge in [0.05, 0.1) is 0 Å². The van der Waals surface area contributed by atoms with Crippen LogP contribution >= 0.6 is 0 Å². The second-order valence-corrected chi connectivity index (χ2v) is 4.83. The van der Waals surface area contributed by atoms with Gasteiger partial charge in [-0.15, -0.1) is 0 Å². The quantitative estimate of drug-likeness (QED) is 0.654. The Balaban J connectivity index is 1.76. The summed E-state index contributed by atoms with van der Waals surface area (Å²) in [5, 5.41) is 2.44. The van der Waals surface area contributed by atoms with Crippen LogP contribution in [0.1, 0.15) is 11.1 Å². The van der Waals surface area contributed by atoms with Crippen LogP contribution in [0, 0.1) is 11.6 Å². The lowest BCUT2D eigenvalue weighted by molar-refractivity contribution is -0.143. The molecule has 2 aromatic rings. The summed E-state index contributed by atoms with van der Waals surface area (Å²) in [6.45, 7) is -0.511. The molecular formula is C18H15F2NO3. The number of rotatable bonds is 6. The van der Waals surface area contributed by atoms with Crippen molar-refractivity contribution in [3.05, 3.63) is 77.4 Å². The van der Waals surface area contributed by atoms with Gasteiger partial charge in [-0.3, -0.25) is 4.79 Å². The van der Waals surface area contributed by atoms with Gasteiger partial charge in [0.2, 0.25) is 0 Å². The Morgan fingerprint density at radius 3 is 2.38 bits per heavy atom. The predicted molar refractivity (Wildman–Crippen MR) is 84.6 cm³/mol. The van der Waals surface area contributed by atoms with Crippen molar-refractivity contribution < 1.29 is 23.1 Å². The van der Waals surface area contributed by atoms with Crippen LogP contribution in [0.2, 0.25) is 0 Å². The first-order valence-corrected chi connectivity index (χ1v) is 7.16. The van der Waals surface area contributed by atoms with E-state index >= 15 is 0 Å². The molecular weight excluding hydrogens is 316 g/mol. The Labute approximate surface area is 137 Å². The van der Waals surface area contributed by atoms with Gasteiger partial charge in [-0.25, -0.2) is 13.6 Å². The molecule has 24 heavy (non-hydrogen) atoms. The SMILES string of the molecule is O=C(COC(=O)/C=C/c1ccccc1F)NCc1ccccc1F. The Kier molecular flexibility index (Phi) is 6.19. The van der Waals surface area contributed by atoms with Gasteiger partial charge in [-0.05, 0) is 18.2 Å². The van der Waals surface area contributed by atoms with Gasteiger partial charge < -0.3 is 10.1 Å². The first kappa shape index (κ1) is 17.3. The molecule has 2 aromatic carbocycles. The van der Waals surface area contributed by atoms with Crippen molar-refractivity contribution in [2.45, 2.75) is 6.54 Å². The predicted octanol–water partition coefficient (Wildman–Crippen LogP) is 2.84. The van der Waals surface area contributed by atoms with Crippen LogP contribution in [0.25, 0.3) is 6.08 Å². The zero-order valence-corrected chi connectivity index (χ0v) is 12.7. The summed E-state index contributed by atoms with van der Waals surface area (Å²) in [6, 6.07) is 12.0. The highest BCUT2D eigenvalue weighted by molar-refractivity contribution is 5.89. The van der Waals surface area contributed by atoms with Crippen LogP contribution in [-0.2, 0) is 20.9 Å². The maximum Gasteiger partial charge on any atom is 0.331 e. The summed E-state index contributed by atoms with van der Waals surface area (Å²) in [6.07, 6.45) is 2.29. The van der Waals surface area contributed by atoms with Crippen LogP contribution in [0.4, 0.5) is 8.78 Å². The average Bonchev–Trinajstić information content (AvgIpc) is 2.58. The van der Waals surface area contributed by atoms with Crippen molar-refractivity contribution in [2.24, 2.45) is 0 Å². The largest absolute Gasteiger partial charge is 0.452 e. The summed E-state index contributed by atoms with van der Waals surface area (Å²) >= 11 is 0. The fourth-order valence-corrected chi connectivity index (χ4v) is 1.84. The van der Waals surface area contributed by atoms with E-state index in [0.717, 1.165) is 6.08 Å². The maximum absolute atomic E-state index is 13.4. The number of carbonyl (C=O) groups excluding carboxylic acids is 2. The molecule has 0 heterocycles. The number of ether oxygens (including phenoxy) is 1. The average molecular weight is 331 g/mol. The molecule has 124 valence electrons. The van der Waals surface area contributed by atoms with E-state index in [9.17, 15) is 18.4 Å². The van der Waals surface area contributed by atoms with Crippen LogP contribution in [-0.4, -0.2) is 18.5 Å². The topological polar surface area (TPSA) is 55.4 Å². The minimum Gasteiger partial charge on any atom is -0.452 e. The molecule has 1 amide bonds. The van der Waals surface area contributed by atoms with Gasteiger partial charge in [0.15, 0.2) is 6.61 Å². The molecule has 1 N–H and O–H groups in total. The lowest BCUT2D eigenvalue weighted by Crippen LogP contribution is -2.28. The third-order valence-corrected chi connectivity index (χ3v) is 3.08. The molecule has 0 aliphatic heterocycles. The van der Waals surface area contributed by atoms with E-state index in [1.165, 1.54) is 30.3 Å². The molecule has 0 aromatic heterocycles. The highest BCUT2D eigenvalue weighted by atomic mass is 19.1. The molecule has 0 unspecified atom stereocenters. The zero-order chi connectivity index (χ0) is 17.4. The number of hydrogen-bond acceptors (Lipinski definition) is 3. The summed E-state index contributed by atoms with van der Waals surface area (Å²) in [5.74, 6) is -2.24. The fourth-order valence-electron chi connectivity index (χ4n) is 1.84. The summed E-state index contributed by atoms with van der Waals surface area (Å²) in [5.41, 5.74) is 0.565. The number of benzene rings is 2. The van der Waals surface area contributed by atoms with Crippen LogP contribution < -0.4 is 5.32 Å². The van der Waals surface area contributed by atoms with Crippen molar-refractivity contribution in [3.8, 4) is 0 Å². The third-order valence-electron chi connectivity index (χ3n) is 3.08. The van der Waals surface area contributed by atoms with Crippen molar-refractivity contribution in [1.82, 2.24) is 5.32 Å². The van der Waals surface area contributed by atoms with Gasteiger partial charge in [0, 0.05) is 23.7 Å². The number of carbonyl (C=O) groups is 2. The molecule has 0 saturated carbocycles. The normalized spacial score (nSPS) is 10.6. The molecule has 0 saturated heterocycles. The monoisotopic (exact) mass is 331 g/mol. The van der Waals surface area contributed by atoms with E-state index in [1.807, 2.05) is 0 Å². The van der Waals surface area contributed by atoms with Crippen molar-refractivity contribution in [1.29, 1.82) is 0 Å². The number of halogens is 2. The summed E-state index contributed by atoms with van der Waals surface area (Å²) in [7, 11) is 0. The van der Waals surface area contributed by atoms with Gasteiger partial charge in [-0.1, -0.05) is 36.4 Å². The molecule has 2 rings (SSSR count). The number of esters is 1. The van der Waals surface area contributed by atoms with E-state index in [4.69, 9.17) is 4.74 Å². The first-order chi connectivity index (χ1) is 11.6. The fraction of sp³-hybridized carbons (Fsp3) is 0.111. The standard InChI is InChI=1S/C18H15F2NO3/c19-15-7-3-1-5-13(15)9-10-18(23)24-12-17(22)21-11-14-6-2-4-8-16(14)20/h1-10H,11-12H2,(H,21,22)/b10-9+.